The standard InChI is InChI=1S/C18H23ClN2O2S/c1-3-4-7-16(22)21(11-13-6-5-10-23-13)18-20-17-12(2)14(19)8-9-15(17)24-18/h8-9,13H,3-7,10-11H2,1-2H3. The molecule has 2 heterocycles. The van der Waals surface area contributed by atoms with Crippen molar-refractivity contribution in [3.63, 3.8) is 0 Å². The van der Waals surface area contributed by atoms with Gasteiger partial charge in [-0.1, -0.05) is 36.3 Å². The molecule has 0 spiro atoms. The van der Waals surface area contributed by atoms with Gasteiger partial charge in [-0.2, -0.15) is 0 Å². The number of carbonyl (C=O) groups is 1. The maximum Gasteiger partial charge on any atom is 0.228 e. The molecule has 0 radical (unpaired) electrons. The van der Waals surface area contributed by atoms with Gasteiger partial charge in [0.25, 0.3) is 0 Å². The van der Waals surface area contributed by atoms with Gasteiger partial charge < -0.3 is 4.74 Å². The minimum Gasteiger partial charge on any atom is -0.376 e. The summed E-state index contributed by atoms with van der Waals surface area (Å²) >= 11 is 7.76. The quantitative estimate of drug-likeness (QED) is 0.725. The molecule has 1 unspecified atom stereocenters. The lowest BCUT2D eigenvalue weighted by molar-refractivity contribution is -0.119. The molecule has 0 saturated carbocycles. The van der Waals surface area contributed by atoms with E-state index in [1.54, 1.807) is 11.3 Å². The molecule has 0 aliphatic carbocycles. The summed E-state index contributed by atoms with van der Waals surface area (Å²) in [5, 5.41) is 1.47. The highest BCUT2D eigenvalue weighted by Crippen LogP contribution is 2.34. The molecule has 130 valence electrons. The summed E-state index contributed by atoms with van der Waals surface area (Å²) in [6.07, 6.45) is 4.65. The second-order valence-electron chi connectivity index (χ2n) is 6.26. The number of carbonyl (C=O) groups excluding carboxylic acids is 1. The van der Waals surface area contributed by atoms with Crippen molar-refractivity contribution in [1.82, 2.24) is 4.98 Å². The molecule has 1 aromatic carbocycles. The maximum absolute atomic E-state index is 12.7. The van der Waals surface area contributed by atoms with E-state index in [9.17, 15) is 4.79 Å². The molecule has 24 heavy (non-hydrogen) atoms. The molecule has 1 saturated heterocycles. The molecule has 0 bridgehead atoms. The monoisotopic (exact) mass is 366 g/mol. The Morgan fingerprint density at radius 2 is 2.33 bits per heavy atom. The third kappa shape index (κ3) is 3.73. The van der Waals surface area contributed by atoms with Gasteiger partial charge in [0.15, 0.2) is 5.13 Å². The molecule has 3 rings (SSSR count). The first kappa shape index (κ1) is 17.6. The van der Waals surface area contributed by atoms with Gasteiger partial charge in [0, 0.05) is 18.1 Å². The zero-order valence-electron chi connectivity index (χ0n) is 14.2. The van der Waals surface area contributed by atoms with Gasteiger partial charge in [-0.25, -0.2) is 4.98 Å². The summed E-state index contributed by atoms with van der Waals surface area (Å²) in [5.41, 5.74) is 1.86. The molecule has 1 atom stereocenters. The first-order chi connectivity index (χ1) is 11.6. The van der Waals surface area contributed by atoms with Crippen molar-refractivity contribution in [2.75, 3.05) is 18.1 Å². The lowest BCUT2D eigenvalue weighted by Gasteiger charge is -2.23. The highest BCUT2D eigenvalue weighted by Gasteiger charge is 2.26. The fourth-order valence-electron chi connectivity index (χ4n) is 2.95. The smallest absolute Gasteiger partial charge is 0.228 e. The predicted molar refractivity (Wildman–Crippen MR) is 100 cm³/mol. The molecule has 1 aliphatic rings. The van der Waals surface area contributed by atoms with Gasteiger partial charge in [0.05, 0.1) is 22.9 Å². The zero-order chi connectivity index (χ0) is 17.1. The van der Waals surface area contributed by atoms with Crippen LogP contribution < -0.4 is 4.90 Å². The van der Waals surface area contributed by atoms with Crippen molar-refractivity contribution < 1.29 is 9.53 Å². The summed E-state index contributed by atoms with van der Waals surface area (Å²) in [5.74, 6) is 0.134. The number of fused-ring (bicyclic) bond motifs is 1. The Morgan fingerprint density at radius 3 is 3.04 bits per heavy atom. The first-order valence-corrected chi connectivity index (χ1v) is 9.77. The minimum absolute atomic E-state index is 0.118. The van der Waals surface area contributed by atoms with E-state index in [0.717, 1.165) is 53.2 Å². The van der Waals surface area contributed by atoms with E-state index in [-0.39, 0.29) is 12.0 Å². The Balaban J connectivity index is 1.91. The van der Waals surface area contributed by atoms with Crippen LogP contribution >= 0.6 is 22.9 Å². The number of halogens is 1. The number of amides is 1. The third-order valence-electron chi connectivity index (χ3n) is 4.42. The summed E-state index contributed by atoms with van der Waals surface area (Å²) in [7, 11) is 0. The van der Waals surface area contributed by atoms with Gasteiger partial charge in [-0.05, 0) is 43.9 Å². The van der Waals surface area contributed by atoms with E-state index in [2.05, 4.69) is 6.92 Å². The normalized spacial score (nSPS) is 17.5. The molecule has 1 aliphatic heterocycles. The molecular formula is C18H23ClN2O2S. The number of hydrogen-bond acceptors (Lipinski definition) is 4. The third-order valence-corrected chi connectivity index (χ3v) is 5.88. The lowest BCUT2D eigenvalue weighted by atomic mass is 10.2. The first-order valence-electron chi connectivity index (χ1n) is 8.57. The van der Waals surface area contributed by atoms with Crippen molar-refractivity contribution in [2.45, 2.75) is 52.1 Å². The van der Waals surface area contributed by atoms with Crippen LogP contribution in [0.15, 0.2) is 12.1 Å². The second kappa shape index (κ2) is 7.81. The van der Waals surface area contributed by atoms with E-state index in [0.29, 0.717) is 18.0 Å². The number of unbranched alkanes of at least 4 members (excludes halogenated alkanes) is 1. The number of hydrogen-bond donors (Lipinski definition) is 0. The summed E-state index contributed by atoms with van der Waals surface area (Å²) in [6.45, 7) is 5.45. The van der Waals surface area contributed by atoms with Crippen molar-refractivity contribution in [1.29, 1.82) is 0 Å². The maximum atomic E-state index is 12.7. The van der Waals surface area contributed by atoms with Crippen LogP contribution in [-0.4, -0.2) is 30.1 Å². The molecule has 1 aromatic heterocycles. The van der Waals surface area contributed by atoms with Crippen LogP contribution in [0.4, 0.5) is 5.13 Å². The van der Waals surface area contributed by atoms with Crippen LogP contribution in [0.3, 0.4) is 0 Å². The Bertz CT molecular complexity index is 725. The van der Waals surface area contributed by atoms with Gasteiger partial charge in [-0.3, -0.25) is 9.69 Å². The van der Waals surface area contributed by atoms with Crippen LogP contribution in [0, 0.1) is 6.92 Å². The molecule has 6 heteroatoms. The van der Waals surface area contributed by atoms with Crippen LogP contribution in [0.5, 0.6) is 0 Å². The van der Waals surface area contributed by atoms with E-state index >= 15 is 0 Å². The number of nitrogens with zero attached hydrogens (tertiary/aromatic N) is 2. The number of ether oxygens (including phenoxy) is 1. The summed E-state index contributed by atoms with van der Waals surface area (Å²) in [6, 6.07) is 3.87. The molecular weight excluding hydrogens is 344 g/mol. The SMILES string of the molecule is CCCCC(=O)N(CC1CCCO1)c1nc2c(C)c(Cl)ccc2s1. The molecule has 0 N–H and O–H groups in total. The summed E-state index contributed by atoms with van der Waals surface area (Å²) in [4.78, 5) is 19.3. The van der Waals surface area contributed by atoms with Crippen LogP contribution in [-0.2, 0) is 9.53 Å². The van der Waals surface area contributed by atoms with Crippen molar-refractivity contribution in [3.05, 3.63) is 22.7 Å². The van der Waals surface area contributed by atoms with Gasteiger partial charge >= 0.3 is 0 Å². The van der Waals surface area contributed by atoms with Gasteiger partial charge in [0.1, 0.15) is 0 Å². The molecule has 1 fully saturated rings. The summed E-state index contributed by atoms with van der Waals surface area (Å²) < 4.78 is 6.80. The number of anilines is 1. The van der Waals surface area contributed by atoms with E-state index < -0.39 is 0 Å². The van der Waals surface area contributed by atoms with Crippen LogP contribution in [0.1, 0.15) is 44.6 Å². The van der Waals surface area contributed by atoms with Gasteiger partial charge in [-0.15, -0.1) is 0 Å². The second-order valence-corrected chi connectivity index (χ2v) is 7.67. The van der Waals surface area contributed by atoms with E-state index in [4.69, 9.17) is 21.3 Å². The average Bonchev–Trinajstić information content (AvgIpc) is 3.23. The Labute approximate surface area is 151 Å². The van der Waals surface area contributed by atoms with E-state index in [1.165, 1.54) is 0 Å². The number of thiazole rings is 1. The highest BCUT2D eigenvalue weighted by atomic mass is 35.5. The highest BCUT2D eigenvalue weighted by molar-refractivity contribution is 7.22. The van der Waals surface area contributed by atoms with Gasteiger partial charge in [0.2, 0.25) is 5.91 Å². The number of benzene rings is 1. The van der Waals surface area contributed by atoms with Crippen molar-refractivity contribution >= 4 is 44.2 Å². The van der Waals surface area contributed by atoms with Crippen molar-refractivity contribution in [2.24, 2.45) is 0 Å². The molecule has 2 aromatic rings. The largest absolute Gasteiger partial charge is 0.376 e. The Morgan fingerprint density at radius 1 is 1.50 bits per heavy atom. The van der Waals surface area contributed by atoms with Crippen LogP contribution in [0.2, 0.25) is 5.02 Å². The Kier molecular flexibility index (Phi) is 5.74. The average molecular weight is 367 g/mol. The number of aromatic nitrogens is 1. The number of aryl methyl sites for hydroxylation is 1. The Hall–Kier alpha value is -1.17. The molecule has 1 amide bonds. The fourth-order valence-corrected chi connectivity index (χ4v) is 4.15. The molecule has 4 nitrogen and oxygen atoms in total. The topological polar surface area (TPSA) is 42.4 Å². The minimum atomic E-state index is 0.118. The zero-order valence-corrected chi connectivity index (χ0v) is 15.8. The fraction of sp³-hybridized carbons (Fsp3) is 0.556. The van der Waals surface area contributed by atoms with Crippen LogP contribution in [0.25, 0.3) is 10.2 Å². The number of rotatable bonds is 6. The van der Waals surface area contributed by atoms with Crippen molar-refractivity contribution in [3.8, 4) is 0 Å². The van der Waals surface area contributed by atoms with E-state index in [1.807, 2.05) is 24.0 Å². The lowest BCUT2D eigenvalue weighted by Crippen LogP contribution is -2.37. The predicted octanol–water partition coefficient (Wildman–Crippen LogP) is 4.96.